The van der Waals surface area contributed by atoms with Crippen LogP contribution >= 0.6 is 0 Å². The van der Waals surface area contributed by atoms with Crippen LogP contribution in [0.1, 0.15) is 26.7 Å². The van der Waals surface area contributed by atoms with E-state index in [9.17, 15) is 4.39 Å². The van der Waals surface area contributed by atoms with Gasteiger partial charge in [0, 0.05) is 25.9 Å². The summed E-state index contributed by atoms with van der Waals surface area (Å²) in [5.74, 6) is 0.679. The molecule has 1 saturated heterocycles. The summed E-state index contributed by atoms with van der Waals surface area (Å²) < 4.78 is 18.6. The number of piperidine rings is 1. The minimum absolute atomic E-state index is 0.0197. The lowest BCUT2D eigenvalue weighted by atomic mass is 10.0. The molecule has 1 aromatic heterocycles. The van der Waals surface area contributed by atoms with Crippen LogP contribution in [0, 0.1) is 16.8 Å². The highest BCUT2D eigenvalue weighted by Gasteiger charge is 2.23. The lowest BCUT2D eigenvalue weighted by Crippen LogP contribution is -2.42. The second kappa shape index (κ2) is 8.36. The maximum absolute atomic E-state index is 12.8. The minimum atomic E-state index is -0.529. The van der Waals surface area contributed by atoms with Crippen molar-refractivity contribution < 1.29 is 9.13 Å². The van der Waals surface area contributed by atoms with Crippen molar-refractivity contribution >= 4 is 18.0 Å². The first-order chi connectivity index (χ1) is 11.9. The molecular formula is C17H23FN6O. The Morgan fingerprint density at radius 2 is 2.04 bits per heavy atom. The second-order valence-corrected chi connectivity index (χ2v) is 5.86. The third kappa shape index (κ3) is 4.85. The van der Waals surface area contributed by atoms with E-state index in [4.69, 9.17) is 21.3 Å². The highest BCUT2D eigenvalue weighted by atomic mass is 19.1. The number of pyridine rings is 1. The number of nitrogens with two attached hydrogens (primary N) is 1. The number of halogens is 1. The first-order valence-electron chi connectivity index (χ1n) is 8.04. The van der Waals surface area contributed by atoms with Crippen LogP contribution in [-0.2, 0) is 0 Å². The molecule has 0 aliphatic carbocycles. The summed E-state index contributed by atoms with van der Waals surface area (Å²) in [6.07, 6.45) is 3.81. The normalized spacial score (nSPS) is 17.1. The van der Waals surface area contributed by atoms with Gasteiger partial charge in [0.25, 0.3) is 0 Å². The zero-order valence-corrected chi connectivity index (χ0v) is 14.4. The monoisotopic (exact) mass is 346 g/mol. The quantitative estimate of drug-likeness (QED) is 0.431. The van der Waals surface area contributed by atoms with Crippen molar-refractivity contribution in [3.63, 3.8) is 0 Å². The van der Waals surface area contributed by atoms with Crippen LogP contribution in [0.3, 0.4) is 0 Å². The van der Waals surface area contributed by atoms with Crippen molar-refractivity contribution in [1.29, 1.82) is 10.8 Å². The largest absolute Gasteiger partial charge is 0.489 e. The Balaban J connectivity index is 1.93. The first-order valence-corrected chi connectivity index (χ1v) is 8.04. The predicted octanol–water partition coefficient (Wildman–Crippen LogP) is 2.34. The Labute approximate surface area is 146 Å². The molecule has 1 aromatic rings. The van der Waals surface area contributed by atoms with Crippen LogP contribution in [0.25, 0.3) is 0 Å². The van der Waals surface area contributed by atoms with E-state index in [-0.39, 0.29) is 11.9 Å². The fourth-order valence-corrected chi connectivity index (χ4v) is 2.59. The van der Waals surface area contributed by atoms with Gasteiger partial charge in [-0.05, 0) is 37.1 Å². The molecule has 0 saturated carbocycles. The Bertz CT molecular complexity index is 690. The summed E-state index contributed by atoms with van der Waals surface area (Å²) in [5.41, 5.74) is 7.23. The van der Waals surface area contributed by atoms with Crippen LogP contribution < -0.4 is 10.5 Å². The molecule has 0 aromatic carbocycles. The Hall–Kier alpha value is -2.77. The van der Waals surface area contributed by atoms with Gasteiger partial charge in [-0.25, -0.2) is 9.98 Å². The van der Waals surface area contributed by atoms with Crippen molar-refractivity contribution in [1.82, 2.24) is 9.88 Å². The van der Waals surface area contributed by atoms with Gasteiger partial charge in [-0.3, -0.25) is 10.8 Å². The Morgan fingerprint density at radius 3 is 2.60 bits per heavy atom. The standard InChI is InChI=1S/C17H23FN6O/c1-11(16(20)23-10-19)12(2)17(21)24-7-5-13(6-8-24)25-14-3-4-15(18)22-9-14/h3-4,9-10,13,21H,5-8H2,1-2H3,(H3,19,20,23)/b12-11-,21-17?. The van der Waals surface area contributed by atoms with E-state index >= 15 is 0 Å². The van der Waals surface area contributed by atoms with Crippen LogP contribution in [0.5, 0.6) is 5.75 Å². The van der Waals surface area contributed by atoms with Gasteiger partial charge in [-0.15, -0.1) is 0 Å². The average Bonchev–Trinajstić information content (AvgIpc) is 2.62. The molecule has 2 rings (SSSR count). The maximum Gasteiger partial charge on any atom is 0.213 e. The van der Waals surface area contributed by atoms with Gasteiger partial charge in [0.05, 0.1) is 6.20 Å². The number of likely N-dealkylation sites (tertiary alicyclic amines) is 1. The molecule has 1 aliphatic rings. The van der Waals surface area contributed by atoms with Crippen molar-refractivity contribution in [2.75, 3.05) is 13.1 Å². The van der Waals surface area contributed by atoms with E-state index < -0.39 is 5.95 Å². The number of hydrogen-bond acceptors (Lipinski definition) is 4. The second-order valence-electron chi connectivity index (χ2n) is 5.86. The molecular weight excluding hydrogens is 323 g/mol. The van der Waals surface area contributed by atoms with Gasteiger partial charge >= 0.3 is 0 Å². The summed E-state index contributed by atoms with van der Waals surface area (Å²) in [6, 6.07) is 2.84. The van der Waals surface area contributed by atoms with E-state index in [2.05, 4.69) is 9.98 Å². The molecule has 0 spiro atoms. The Kier molecular flexibility index (Phi) is 6.21. The highest BCUT2D eigenvalue weighted by molar-refractivity contribution is 6.08. The highest BCUT2D eigenvalue weighted by Crippen LogP contribution is 2.20. The molecule has 4 N–H and O–H groups in total. The van der Waals surface area contributed by atoms with Gasteiger partial charge in [-0.2, -0.15) is 4.39 Å². The van der Waals surface area contributed by atoms with Crippen LogP contribution in [0.15, 0.2) is 34.5 Å². The molecule has 0 radical (unpaired) electrons. The first kappa shape index (κ1) is 18.6. The van der Waals surface area contributed by atoms with E-state index in [1.54, 1.807) is 13.0 Å². The predicted molar refractivity (Wildman–Crippen MR) is 95.9 cm³/mol. The molecule has 1 aliphatic heterocycles. The number of aliphatic imine (C=N–C) groups is 1. The summed E-state index contributed by atoms with van der Waals surface area (Å²) >= 11 is 0. The lowest BCUT2D eigenvalue weighted by Gasteiger charge is -2.34. The van der Waals surface area contributed by atoms with Gasteiger partial charge in [-0.1, -0.05) is 0 Å². The maximum atomic E-state index is 12.8. The third-order valence-corrected chi connectivity index (χ3v) is 4.27. The smallest absolute Gasteiger partial charge is 0.213 e. The fraction of sp³-hybridized carbons (Fsp3) is 0.412. The zero-order chi connectivity index (χ0) is 18.4. The third-order valence-electron chi connectivity index (χ3n) is 4.27. The van der Waals surface area contributed by atoms with E-state index in [1.807, 2.05) is 11.8 Å². The number of nitrogens with zero attached hydrogens (tertiary/aromatic N) is 3. The fourth-order valence-electron chi connectivity index (χ4n) is 2.59. The number of amidine groups is 2. The molecule has 0 bridgehead atoms. The number of aromatic nitrogens is 1. The minimum Gasteiger partial charge on any atom is -0.489 e. The lowest BCUT2D eigenvalue weighted by molar-refractivity contribution is 0.130. The summed E-state index contributed by atoms with van der Waals surface area (Å²) in [7, 11) is 0. The van der Waals surface area contributed by atoms with E-state index in [0.717, 1.165) is 24.8 Å². The van der Waals surface area contributed by atoms with Crippen LogP contribution in [0.4, 0.5) is 4.39 Å². The molecule has 25 heavy (non-hydrogen) atoms. The summed E-state index contributed by atoms with van der Waals surface area (Å²) in [5, 5.41) is 15.3. The average molecular weight is 346 g/mol. The summed E-state index contributed by atoms with van der Waals surface area (Å²) in [6.45, 7) is 5.00. The number of ether oxygens (including phenoxy) is 1. The topological polar surface area (TPSA) is 111 Å². The van der Waals surface area contributed by atoms with Gasteiger partial charge < -0.3 is 15.4 Å². The van der Waals surface area contributed by atoms with Gasteiger partial charge in [0.2, 0.25) is 5.95 Å². The molecule has 0 amide bonds. The van der Waals surface area contributed by atoms with Gasteiger partial charge in [0.15, 0.2) is 0 Å². The van der Waals surface area contributed by atoms with Crippen molar-refractivity contribution in [2.24, 2.45) is 10.7 Å². The molecule has 8 heteroatoms. The van der Waals surface area contributed by atoms with E-state index in [1.165, 1.54) is 12.3 Å². The van der Waals surface area contributed by atoms with Gasteiger partial charge in [0.1, 0.15) is 29.9 Å². The van der Waals surface area contributed by atoms with E-state index in [0.29, 0.717) is 30.2 Å². The molecule has 0 unspecified atom stereocenters. The number of nitrogens with one attached hydrogen (secondary N) is 2. The Morgan fingerprint density at radius 1 is 1.36 bits per heavy atom. The molecule has 2 heterocycles. The number of rotatable bonds is 5. The van der Waals surface area contributed by atoms with Crippen LogP contribution in [0.2, 0.25) is 0 Å². The number of hydrogen-bond donors (Lipinski definition) is 3. The van der Waals surface area contributed by atoms with Crippen molar-refractivity contribution in [3.05, 3.63) is 35.4 Å². The SMILES string of the molecule is C/C(C(=N)N1CCC(Oc2ccc(F)nc2)CC1)=C(\C)C(N)=NC=N. The molecule has 134 valence electrons. The van der Waals surface area contributed by atoms with Crippen molar-refractivity contribution in [2.45, 2.75) is 32.8 Å². The molecule has 7 nitrogen and oxygen atoms in total. The summed E-state index contributed by atoms with van der Waals surface area (Å²) in [4.78, 5) is 9.30. The zero-order valence-electron chi connectivity index (χ0n) is 14.4. The molecule has 1 fully saturated rings. The van der Waals surface area contributed by atoms with Crippen molar-refractivity contribution in [3.8, 4) is 5.75 Å². The van der Waals surface area contributed by atoms with Crippen LogP contribution in [-0.4, -0.2) is 47.1 Å². The molecule has 0 atom stereocenters.